The summed E-state index contributed by atoms with van der Waals surface area (Å²) >= 11 is 0. The first-order chi connectivity index (χ1) is 15.3. The molecule has 9 nitrogen and oxygen atoms in total. The molecule has 2 aromatic carbocycles. The molecule has 0 spiro atoms. The zero-order chi connectivity index (χ0) is 22.9. The van der Waals surface area contributed by atoms with E-state index in [4.69, 9.17) is 10.5 Å². The molecule has 0 saturated heterocycles. The normalized spacial score (nSPS) is 11.7. The van der Waals surface area contributed by atoms with Gasteiger partial charge in [-0.3, -0.25) is 9.82 Å². The highest BCUT2D eigenvalue weighted by molar-refractivity contribution is 7.92. The molecule has 0 aliphatic carbocycles. The van der Waals surface area contributed by atoms with E-state index < -0.39 is 20.7 Å². The Bertz CT molecular complexity index is 1390. The van der Waals surface area contributed by atoms with E-state index in [1.54, 1.807) is 38.3 Å². The molecule has 0 atom stereocenters. The number of H-pyrrole nitrogens is 1. The molecule has 0 amide bonds. The number of benzene rings is 2. The van der Waals surface area contributed by atoms with E-state index in [-0.39, 0.29) is 5.69 Å². The first-order valence-corrected chi connectivity index (χ1v) is 11.2. The lowest BCUT2D eigenvalue weighted by Crippen LogP contribution is -2.14. The van der Waals surface area contributed by atoms with Gasteiger partial charge in [-0.05, 0) is 48.9 Å². The van der Waals surface area contributed by atoms with E-state index in [9.17, 15) is 12.8 Å². The minimum atomic E-state index is -4.09. The van der Waals surface area contributed by atoms with Crippen molar-refractivity contribution >= 4 is 32.6 Å². The number of anilines is 2. The van der Waals surface area contributed by atoms with Crippen molar-refractivity contribution < 1.29 is 17.5 Å². The SMILES string of the molecule is COCCc1nc(-c2ccc(NS(=O)(=O)c3cc(C)ccc3F)cc2)nc2n[nH]c(N)c12. The number of aromatic amines is 1. The number of aryl methyl sites for hydroxylation is 1. The van der Waals surface area contributed by atoms with Crippen molar-refractivity contribution in [1.82, 2.24) is 20.2 Å². The molecule has 0 saturated carbocycles. The lowest BCUT2D eigenvalue weighted by molar-refractivity contribution is 0.202. The number of sulfonamides is 1. The summed E-state index contributed by atoms with van der Waals surface area (Å²) in [7, 11) is -2.49. The van der Waals surface area contributed by atoms with E-state index >= 15 is 0 Å². The second-order valence-corrected chi connectivity index (χ2v) is 8.84. The fourth-order valence-electron chi connectivity index (χ4n) is 3.24. The number of methoxy groups -OCH3 is 1. The summed E-state index contributed by atoms with van der Waals surface area (Å²) in [6.45, 7) is 2.14. The lowest BCUT2D eigenvalue weighted by atomic mass is 10.1. The second-order valence-electron chi connectivity index (χ2n) is 7.19. The van der Waals surface area contributed by atoms with Gasteiger partial charge in [-0.1, -0.05) is 6.07 Å². The van der Waals surface area contributed by atoms with Crippen LogP contribution in [-0.4, -0.2) is 42.3 Å². The van der Waals surface area contributed by atoms with Crippen molar-refractivity contribution in [3.8, 4) is 11.4 Å². The van der Waals surface area contributed by atoms with Gasteiger partial charge in [-0.2, -0.15) is 5.10 Å². The Morgan fingerprint density at radius 3 is 2.62 bits per heavy atom. The van der Waals surface area contributed by atoms with Crippen LogP contribution in [0, 0.1) is 12.7 Å². The van der Waals surface area contributed by atoms with E-state index in [0.29, 0.717) is 52.5 Å². The number of aromatic nitrogens is 4. The van der Waals surface area contributed by atoms with E-state index in [1.807, 2.05) is 0 Å². The Labute approximate surface area is 183 Å². The van der Waals surface area contributed by atoms with Crippen molar-refractivity contribution in [2.45, 2.75) is 18.2 Å². The molecule has 166 valence electrons. The Morgan fingerprint density at radius 1 is 1.16 bits per heavy atom. The molecular weight excluding hydrogens is 435 g/mol. The Balaban J connectivity index is 1.64. The topological polar surface area (TPSA) is 136 Å². The molecule has 4 rings (SSSR count). The van der Waals surface area contributed by atoms with Gasteiger partial charge in [0, 0.05) is 24.8 Å². The van der Waals surface area contributed by atoms with Crippen LogP contribution in [0.1, 0.15) is 11.3 Å². The number of hydrogen-bond acceptors (Lipinski definition) is 7. The summed E-state index contributed by atoms with van der Waals surface area (Å²) in [4.78, 5) is 8.63. The summed E-state index contributed by atoms with van der Waals surface area (Å²) in [6.07, 6.45) is 0.520. The highest BCUT2D eigenvalue weighted by atomic mass is 32.2. The summed E-state index contributed by atoms with van der Waals surface area (Å²) < 4.78 is 46.8. The van der Waals surface area contributed by atoms with Crippen LogP contribution < -0.4 is 10.5 Å². The van der Waals surface area contributed by atoms with Gasteiger partial charge in [0.25, 0.3) is 10.0 Å². The summed E-state index contributed by atoms with van der Waals surface area (Å²) in [5.41, 5.74) is 8.64. The Morgan fingerprint density at radius 2 is 1.91 bits per heavy atom. The Kier molecular flexibility index (Phi) is 5.76. The van der Waals surface area contributed by atoms with Crippen LogP contribution in [0.3, 0.4) is 0 Å². The fraction of sp³-hybridized carbons (Fsp3) is 0.190. The number of nitrogens with zero attached hydrogens (tertiary/aromatic N) is 3. The number of nitrogen functional groups attached to an aromatic ring is 1. The predicted molar refractivity (Wildman–Crippen MR) is 119 cm³/mol. The zero-order valence-electron chi connectivity index (χ0n) is 17.4. The number of halogens is 1. The number of fused-ring (bicyclic) bond motifs is 1. The third kappa shape index (κ3) is 4.25. The van der Waals surface area contributed by atoms with Crippen LogP contribution in [0.2, 0.25) is 0 Å². The van der Waals surface area contributed by atoms with Gasteiger partial charge >= 0.3 is 0 Å². The monoisotopic (exact) mass is 456 g/mol. The van der Waals surface area contributed by atoms with Gasteiger partial charge in [0.05, 0.1) is 17.7 Å². The molecule has 2 aromatic heterocycles. The number of nitrogens with two attached hydrogens (primary N) is 1. The van der Waals surface area contributed by atoms with Crippen LogP contribution in [0.25, 0.3) is 22.4 Å². The molecule has 0 aliphatic rings. The van der Waals surface area contributed by atoms with Crippen molar-refractivity contribution in [2.24, 2.45) is 0 Å². The maximum atomic E-state index is 14.0. The van der Waals surface area contributed by atoms with Crippen LogP contribution >= 0.6 is 0 Å². The number of nitrogens with one attached hydrogen (secondary N) is 2. The smallest absolute Gasteiger partial charge is 0.264 e. The van der Waals surface area contributed by atoms with Crippen molar-refractivity contribution in [3.63, 3.8) is 0 Å². The van der Waals surface area contributed by atoms with Gasteiger partial charge in [0.15, 0.2) is 11.5 Å². The molecule has 0 aliphatic heterocycles. The number of hydrogen-bond donors (Lipinski definition) is 3. The molecule has 0 fully saturated rings. The average molecular weight is 457 g/mol. The van der Waals surface area contributed by atoms with Crippen LogP contribution in [0.4, 0.5) is 15.9 Å². The highest BCUT2D eigenvalue weighted by Crippen LogP contribution is 2.26. The average Bonchev–Trinajstić information content (AvgIpc) is 3.15. The minimum Gasteiger partial charge on any atom is -0.384 e. The fourth-order valence-corrected chi connectivity index (χ4v) is 4.46. The Hall–Kier alpha value is -3.57. The summed E-state index contributed by atoms with van der Waals surface area (Å²) in [5.74, 6) is -0.0247. The first kappa shape index (κ1) is 21.7. The molecule has 4 N–H and O–H groups in total. The molecule has 0 radical (unpaired) electrons. The third-order valence-electron chi connectivity index (χ3n) is 4.83. The van der Waals surface area contributed by atoms with Gasteiger partial charge in [-0.25, -0.2) is 22.8 Å². The van der Waals surface area contributed by atoms with E-state index in [2.05, 4.69) is 24.9 Å². The van der Waals surface area contributed by atoms with Gasteiger partial charge < -0.3 is 10.5 Å². The zero-order valence-corrected chi connectivity index (χ0v) is 18.2. The molecule has 0 unspecified atom stereocenters. The van der Waals surface area contributed by atoms with Gasteiger partial charge in [0.1, 0.15) is 16.5 Å². The molecule has 32 heavy (non-hydrogen) atoms. The maximum absolute atomic E-state index is 14.0. The largest absolute Gasteiger partial charge is 0.384 e. The lowest BCUT2D eigenvalue weighted by Gasteiger charge is -2.10. The molecule has 0 bridgehead atoms. The van der Waals surface area contributed by atoms with Gasteiger partial charge in [0.2, 0.25) is 0 Å². The van der Waals surface area contributed by atoms with Crippen molar-refractivity contribution in [2.75, 3.05) is 24.2 Å². The number of ether oxygens (including phenoxy) is 1. The maximum Gasteiger partial charge on any atom is 0.264 e. The second kappa shape index (κ2) is 8.52. The van der Waals surface area contributed by atoms with Crippen LogP contribution in [0.5, 0.6) is 0 Å². The summed E-state index contributed by atoms with van der Waals surface area (Å²) in [5, 5.41) is 7.48. The molecule has 11 heteroatoms. The predicted octanol–water partition coefficient (Wildman–Crippen LogP) is 3.04. The first-order valence-electron chi connectivity index (χ1n) is 9.67. The molecule has 2 heterocycles. The standard InChI is InChI=1S/C21H21FN6O3S/c1-12-3-8-15(22)17(11-12)32(29,30)28-14-6-4-13(5-7-14)20-24-16(9-10-31-2)18-19(23)26-27-21(18)25-20/h3-8,11,28H,9-10H2,1-2H3,(H3,23,24,25,26,27). The van der Waals surface area contributed by atoms with Crippen LogP contribution in [-0.2, 0) is 21.2 Å². The highest BCUT2D eigenvalue weighted by Gasteiger charge is 2.20. The van der Waals surface area contributed by atoms with Gasteiger partial charge in [-0.15, -0.1) is 0 Å². The van der Waals surface area contributed by atoms with Crippen molar-refractivity contribution in [1.29, 1.82) is 0 Å². The molecular formula is C21H21FN6O3S. The van der Waals surface area contributed by atoms with Crippen molar-refractivity contribution in [3.05, 3.63) is 59.5 Å². The third-order valence-corrected chi connectivity index (χ3v) is 6.23. The van der Waals surface area contributed by atoms with Crippen LogP contribution in [0.15, 0.2) is 47.4 Å². The van der Waals surface area contributed by atoms with E-state index in [1.165, 1.54) is 12.1 Å². The minimum absolute atomic E-state index is 0.277. The van der Waals surface area contributed by atoms with E-state index in [0.717, 1.165) is 6.07 Å². The number of rotatable bonds is 7. The quantitative estimate of drug-likeness (QED) is 0.389. The summed E-state index contributed by atoms with van der Waals surface area (Å²) in [6, 6.07) is 10.4. The molecule has 4 aromatic rings.